The fourth-order valence-corrected chi connectivity index (χ4v) is 4.09. The summed E-state index contributed by atoms with van der Waals surface area (Å²) in [6.45, 7) is 2.40. The molecule has 0 aliphatic heterocycles. The molecule has 0 aromatic heterocycles. The summed E-state index contributed by atoms with van der Waals surface area (Å²) in [4.78, 5) is 13.1. The van der Waals surface area contributed by atoms with E-state index in [0.29, 0.717) is 22.9 Å². The lowest BCUT2D eigenvalue weighted by Gasteiger charge is -2.20. The molecule has 1 amide bonds. The van der Waals surface area contributed by atoms with Crippen LogP contribution in [0.1, 0.15) is 58.4 Å². The predicted octanol–water partition coefficient (Wildman–Crippen LogP) is 6.29. The van der Waals surface area contributed by atoms with Crippen molar-refractivity contribution in [2.24, 2.45) is 0 Å². The smallest absolute Gasteiger partial charge is 0.255 e. The van der Waals surface area contributed by atoms with Crippen LogP contribution in [0.15, 0.2) is 66.7 Å². The first-order valence-electron chi connectivity index (χ1n) is 10.5. The number of hydrogen-bond acceptors (Lipinski definition) is 2. The Morgan fingerprint density at radius 1 is 1.00 bits per heavy atom. The number of carbonyl (C=O) groups excluding carboxylic acids is 1. The molecule has 4 rings (SSSR count). The van der Waals surface area contributed by atoms with Gasteiger partial charge in [-0.05, 0) is 73.1 Å². The van der Waals surface area contributed by atoms with Crippen LogP contribution >= 0.6 is 11.6 Å². The lowest BCUT2D eigenvalue weighted by molar-refractivity contribution is 0.0935. The standard InChI is InChI=1S/C26H26ClNO2/c1-18(21-12-11-20-9-5-6-10-22(20)15-21)28-26(29)24-16-23(27)13-14-25(24)30-17-19-7-3-2-4-8-19/h2-4,7-8,11-16,18H,5-6,9-10,17H2,1H3,(H,28,29). The van der Waals surface area contributed by atoms with Crippen molar-refractivity contribution in [1.29, 1.82) is 0 Å². The Labute approximate surface area is 183 Å². The Kier molecular flexibility index (Phi) is 6.39. The summed E-state index contributed by atoms with van der Waals surface area (Å²) in [5.41, 5.74) is 5.46. The zero-order valence-electron chi connectivity index (χ0n) is 17.2. The Hall–Kier alpha value is -2.78. The third-order valence-electron chi connectivity index (χ3n) is 5.64. The maximum Gasteiger partial charge on any atom is 0.255 e. The third kappa shape index (κ3) is 4.85. The fraction of sp³-hybridized carbons (Fsp3) is 0.269. The lowest BCUT2D eigenvalue weighted by Crippen LogP contribution is -2.27. The largest absolute Gasteiger partial charge is 0.488 e. The first-order valence-corrected chi connectivity index (χ1v) is 10.9. The Balaban J connectivity index is 1.49. The van der Waals surface area contributed by atoms with Gasteiger partial charge in [-0.1, -0.05) is 60.1 Å². The molecule has 0 saturated carbocycles. The van der Waals surface area contributed by atoms with E-state index in [0.717, 1.165) is 24.0 Å². The molecule has 1 N–H and O–H groups in total. The van der Waals surface area contributed by atoms with Gasteiger partial charge in [-0.2, -0.15) is 0 Å². The molecule has 1 unspecified atom stereocenters. The van der Waals surface area contributed by atoms with Gasteiger partial charge in [0, 0.05) is 5.02 Å². The zero-order valence-corrected chi connectivity index (χ0v) is 17.9. The van der Waals surface area contributed by atoms with Crippen molar-refractivity contribution in [2.45, 2.75) is 45.3 Å². The van der Waals surface area contributed by atoms with E-state index in [2.05, 4.69) is 23.5 Å². The fourth-order valence-electron chi connectivity index (χ4n) is 3.92. The number of benzene rings is 3. The van der Waals surface area contributed by atoms with Crippen molar-refractivity contribution in [3.8, 4) is 5.75 Å². The number of rotatable bonds is 6. The van der Waals surface area contributed by atoms with E-state index in [-0.39, 0.29) is 11.9 Å². The quantitative estimate of drug-likeness (QED) is 0.510. The van der Waals surface area contributed by atoms with E-state index in [1.165, 1.54) is 24.0 Å². The van der Waals surface area contributed by atoms with Crippen LogP contribution < -0.4 is 10.1 Å². The summed E-state index contributed by atoms with van der Waals surface area (Å²) in [6, 6.07) is 21.5. The Morgan fingerprint density at radius 3 is 2.57 bits per heavy atom. The average molecular weight is 420 g/mol. The monoisotopic (exact) mass is 419 g/mol. The number of nitrogens with one attached hydrogen (secondary N) is 1. The molecule has 3 aromatic carbocycles. The maximum atomic E-state index is 13.1. The van der Waals surface area contributed by atoms with Crippen molar-refractivity contribution >= 4 is 17.5 Å². The lowest BCUT2D eigenvalue weighted by atomic mass is 9.89. The highest BCUT2D eigenvalue weighted by molar-refractivity contribution is 6.31. The van der Waals surface area contributed by atoms with Gasteiger partial charge in [-0.15, -0.1) is 0 Å². The molecule has 3 aromatic rings. The van der Waals surface area contributed by atoms with E-state index in [1.54, 1.807) is 18.2 Å². The highest BCUT2D eigenvalue weighted by Gasteiger charge is 2.18. The number of halogens is 1. The van der Waals surface area contributed by atoms with Crippen LogP contribution in [0.3, 0.4) is 0 Å². The van der Waals surface area contributed by atoms with Gasteiger partial charge in [0.1, 0.15) is 12.4 Å². The molecule has 1 aliphatic carbocycles. The molecular weight excluding hydrogens is 394 g/mol. The highest BCUT2D eigenvalue weighted by Crippen LogP contribution is 2.27. The Bertz CT molecular complexity index is 1030. The van der Waals surface area contributed by atoms with Crippen LogP contribution in [-0.4, -0.2) is 5.91 Å². The molecule has 0 spiro atoms. The van der Waals surface area contributed by atoms with Crippen LogP contribution in [0, 0.1) is 0 Å². The van der Waals surface area contributed by atoms with Crippen molar-refractivity contribution in [3.63, 3.8) is 0 Å². The SMILES string of the molecule is CC(NC(=O)c1cc(Cl)ccc1OCc1ccccc1)c1ccc2c(c1)CCCC2. The molecular formula is C26H26ClNO2. The minimum Gasteiger partial charge on any atom is -0.488 e. The maximum absolute atomic E-state index is 13.1. The normalized spacial score (nSPS) is 13.9. The number of carbonyl (C=O) groups is 1. The van der Waals surface area contributed by atoms with Gasteiger partial charge in [-0.25, -0.2) is 0 Å². The highest BCUT2D eigenvalue weighted by atomic mass is 35.5. The van der Waals surface area contributed by atoms with Crippen molar-refractivity contribution in [1.82, 2.24) is 5.32 Å². The molecule has 0 radical (unpaired) electrons. The van der Waals surface area contributed by atoms with Gasteiger partial charge in [0.25, 0.3) is 5.91 Å². The molecule has 3 nitrogen and oxygen atoms in total. The van der Waals surface area contributed by atoms with Crippen molar-refractivity contribution in [3.05, 3.63) is 99.6 Å². The van der Waals surface area contributed by atoms with Gasteiger partial charge >= 0.3 is 0 Å². The van der Waals surface area contributed by atoms with E-state index in [9.17, 15) is 4.79 Å². The van der Waals surface area contributed by atoms with Crippen LogP contribution in [0.4, 0.5) is 0 Å². The predicted molar refractivity (Wildman–Crippen MR) is 121 cm³/mol. The van der Waals surface area contributed by atoms with Gasteiger partial charge in [0.2, 0.25) is 0 Å². The zero-order chi connectivity index (χ0) is 20.9. The number of amides is 1. The molecule has 0 heterocycles. The second-order valence-electron chi connectivity index (χ2n) is 7.85. The number of ether oxygens (including phenoxy) is 1. The minimum atomic E-state index is -0.189. The van der Waals surface area contributed by atoms with Gasteiger partial charge < -0.3 is 10.1 Å². The van der Waals surface area contributed by atoms with Crippen LogP contribution in [0.2, 0.25) is 5.02 Å². The molecule has 1 aliphatic rings. The second-order valence-corrected chi connectivity index (χ2v) is 8.28. The molecule has 4 heteroatoms. The summed E-state index contributed by atoms with van der Waals surface area (Å²) in [7, 11) is 0. The second kappa shape index (κ2) is 9.36. The molecule has 0 fully saturated rings. The van der Waals surface area contributed by atoms with Gasteiger partial charge in [-0.3, -0.25) is 4.79 Å². The van der Waals surface area contributed by atoms with Crippen LogP contribution in [0.5, 0.6) is 5.75 Å². The van der Waals surface area contributed by atoms with Crippen LogP contribution in [-0.2, 0) is 19.4 Å². The molecule has 0 saturated heterocycles. The number of fused-ring (bicyclic) bond motifs is 1. The topological polar surface area (TPSA) is 38.3 Å². The van der Waals surface area contributed by atoms with E-state index in [1.807, 2.05) is 37.3 Å². The minimum absolute atomic E-state index is 0.106. The summed E-state index contributed by atoms with van der Waals surface area (Å²) < 4.78 is 5.94. The summed E-state index contributed by atoms with van der Waals surface area (Å²) in [5, 5.41) is 3.62. The van der Waals surface area contributed by atoms with Crippen molar-refractivity contribution in [2.75, 3.05) is 0 Å². The number of hydrogen-bond donors (Lipinski definition) is 1. The van der Waals surface area contributed by atoms with E-state index < -0.39 is 0 Å². The number of aryl methyl sites for hydroxylation is 2. The molecule has 154 valence electrons. The van der Waals surface area contributed by atoms with Gasteiger partial charge in [0.15, 0.2) is 0 Å². The summed E-state index contributed by atoms with van der Waals surface area (Å²) in [5.74, 6) is 0.337. The average Bonchev–Trinajstić information content (AvgIpc) is 2.78. The van der Waals surface area contributed by atoms with Gasteiger partial charge in [0.05, 0.1) is 11.6 Å². The Morgan fingerprint density at radius 2 is 1.77 bits per heavy atom. The van der Waals surface area contributed by atoms with E-state index >= 15 is 0 Å². The molecule has 1 atom stereocenters. The third-order valence-corrected chi connectivity index (χ3v) is 5.88. The van der Waals surface area contributed by atoms with Crippen LogP contribution in [0.25, 0.3) is 0 Å². The molecule has 0 bridgehead atoms. The van der Waals surface area contributed by atoms with E-state index in [4.69, 9.17) is 16.3 Å². The summed E-state index contributed by atoms with van der Waals surface area (Å²) in [6.07, 6.45) is 4.78. The first-order chi connectivity index (χ1) is 14.6. The molecule has 30 heavy (non-hydrogen) atoms. The van der Waals surface area contributed by atoms with Crippen molar-refractivity contribution < 1.29 is 9.53 Å². The first kappa shape index (κ1) is 20.5. The summed E-state index contributed by atoms with van der Waals surface area (Å²) >= 11 is 6.18.